The SMILES string of the molecule is Cc1cnc(CNC(=O)N(C)CC2CCN(CC(=O)c3ccc(F)cc3)CC2)s1.O=C(O)C(F)(F)F. The lowest BCUT2D eigenvalue weighted by atomic mass is 9.96. The van der Waals surface area contributed by atoms with Crippen LogP contribution in [0.3, 0.4) is 0 Å². The number of benzene rings is 1. The fourth-order valence-electron chi connectivity index (χ4n) is 3.50. The molecule has 0 bridgehead atoms. The van der Waals surface area contributed by atoms with Crippen LogP contribution in [0, 0.1) is 18.7 Å². The van der Waals surface area contributed by atoms with Gasteiger partial charge in [0.05, 0.1) is 13.1 Å². The number of piperidine rings is 1. The van der Waals surface area contributed by atoms with Gasteiger partial charge >= 0.3 is 18.2 Å². The highest BCUT2D eigenvalue weighted by Crippen LogP contribution is 2.19. The number of hydrogen-bond donors (Lipinski definition) is 2. The van der Waals surface area contributed by atoms with Gasteiger partial charge in [-0.2, -0.15) is 13.2 Å². The number of thiazole rings is 1. The summed E-state index contributed by atoms with van der Waals surface area (Å²) in [6, 6.07) is 5.61. The number of carboxylic acid groups (broad SMARTS) is 1. The van der Waals surface area contributed by atoms with Crippen molar-refractivity contribution < 1.29 is 37.1 Å². The van der Waals surface area contributed by atoms with Crippen LogP contribution in [0.5, 0.6) is 0 Å². The first kappa shape index (κ1) is 29.2. The number of likely N-dealkylation sites (tertiary alicyclic amines) is 1. The number of carboxylic acids is 1. The van der Waals surface area contributed by atoms with Crippen LogP contribution in [0.1, 0.15) is 33.1 Å². The van der Waals surface area contributed by atoms with E-state index < -0.39 is 12.1 Å². The number of aryl methyl sites for hydroxylation is 1. The maximum absolute atomic E-state index is 13.0. The minimum atomic E-state index is -5.08. The second-order valence-corrected chi connectivity index (χ2v) is 9.68. The van der Waals surface area contributed by atoms with Gasteiger partial charge < -0.3 is 15.3 Å². The Morgan fingerprint density at radius 2 is 1.78 bits per heavy atom. The summed E-state index contributed by atoms with van der Waals surface area (Å²) in [7, 11) is 1.81. The number of amides is 2. The molecule has 1 saturated heterocycles. The molecule has 0 radical (unpaired) electrons. The van der Waals surface area contributed by atoms with Crippen molar-refractivity contribution in [2.45, 2.75) is 32.5 Å². The molecule has 3 rings (SSSR count). The zero-order valence-electron chi connectivity index (χ0n) is 19.8. The maximum atomic E-state index is 13.0. The minimum Gasteiger partial charge on any atom is -0.475 e. The van der Waals surface area contributed by atoms with E-state index in [0.717, 1.165) is 35.8 Å². The monoisotopic (exact) mass is 532 g/mol. The number of Topliss-reactive ketones (excluding diaryl/α,β-unsaturated/α-hetero) is 1. The summed E-state index contributed by atoms with van der Waals surface area (Å²) < 4.78 is 44.7. The number of carbonyl (C=O) groups is 3. The zero-order valence-corrected chi connectivity index (χ0v) is 20.7. The van der Waals surface area contributed by atoms with Crippen molar-refractivity contribution in [1.82, 2.24) is 20.1 Å². The molecule has 36 heavy (non-hydrogen) atoms. The van der Waals surface area contributed by atoms with Gasteiger partial charge in [0.15, 0.2) is 5.78 Å². The zero-order chi connectivity index (χ0) is 26.9. The first-order valence-corrected chi connectivity index (χ1v) is 11.9. The summed E-state index contributed by atoms with van der Waals surface area (Å²) in [5, 5.41) is 10.9. The molecule has 0 unspecified atom stereocenters. The molecule has 2 N–H and O–H groups in total. The van der Waals surface area contributed by atoms with Crippen molar-refractivity contribution in [2.75, 3.05) is 33.2 Å². The molecule has 1 aromatic heterocycles. The van der Waals surface area contributed by atoms with Crippen molar-refractivity contribution in [3.05, 3.63) is 51.7 Å². The van der Waals surface area contributed by atoms with E-state index in [1.165, 1.54) is 24.3 Å². The molecule has 0 atom stereocenters. The van der Waals surface area contributed by atoms with Gasteiger partial charge in [0.25, 0.3) is 0 Å². The second-order valence-electron chi connectivity index (χ2n) is 8.36. The van der Waals surface area contributed by atoms with E-state index >= 15 is 0 Å². The Balaban J connectivity index is 0.000000572. The molecule has 2 aromatic rings. The van der Waals surface area contributed by atoms with Crippen molar-refractivity contribution in [3.63, 3.8) is 0 Å². The van der Waals surface area contributed by atoms with E-state index in [-0.39, 0.29) is 17.6 Å². The molecule has 198 valence electrons. The number of nitrogens with zero attached hydrogens (tertiary/aromatic N) is 3. The van der Waals surface area contributed by atoms with Crippen molar-refractivity contribution in [1.29, 1.82) is 0 Å². The number of rotatable bonds is 7. The van der Waals surface area contributed by atoms with E-state index in [4.69, 9.17) is 9.90 Å². The van der Waals surface area contributed by atoms with E-state index in [0.29, 0.717) is 31.1 Å². The fourth-order valence-corrected chi connectivity index (χ4v) is 4.22. The molecule has 2 amide bonds. The van der Waals surface area contributed by atoms with Gasteiger partial charge in [0.2, 0.25) is 0 Å². The number of aliphatic carboxylic acids is 1. The van der Waals surface area contributed by atoms with Gasteiger partial charge in [0.1, 0.15) is 10.8 Å². The molecule has 0 aliphatic carbocycles. The Hall–Kier alpha value is -3.06. The highest BCUT2D eigenvalue weighted by molar-refractivity contribution is 7.11. The summed E-state index contributed by atoms with van der Waals surface area (Å²) in [6.07, 6.45) is -1.38. The Kier molecular flexibility index (Phi) is 10.8. The molecule has 1 fully saturated rings. The van der Waals surface area contributed by atoms with E-state index in [2.05, 4.69) is 15.2 Å². The average Bonchev–Trinajstić information content (AvgIpc) is 3.24. The molecular weight excluding hydrogens is 504 g/mol. The number of nitrogens with one attached hydrogen (secondary N) is 1. The van der Waals surface area contributed by atoms with Crippen molar-refractivity contribution >= 4 is 29.1 Å². The van der Waals surface area contributed by atoms with Gasteiger partial charge in [0, 0.05) is 30.2 Å². The fraction of sp³-hybridized carbons (Fsp3) is 0.478. The van der Waals surface area contributed by atoms with Crippen molar-refractivity contribution in [2.24, 2.45) is 5.92 Å². The molecule has 1 aliphatic rings. The minimum absolute atomic E-state index is 0.0115. The van der Waals surface area contributed by atoms with E-state index in [1.807, 2.05) is 20.2 Å². The summed E-state index contributed by atoms with van der Waals surface area (Å²) in [4.78, 5) is 42.8. The lowest BCUT2D eigenvalue weighted by Gasteiger charge is -2.33. The molecule has 0 saturated carbocycles. The van der Waals surface area contributed by atoms with Gasteiger partial charge in [-0.15, -0.1) is 11.3 Å². The molecular formula is C23H28F4N4O4S. The first-order valence-electron chi connectivity index (χ1n) is 11.1. The van der Waals surface area contributed by atoms with Crippen LogP contribution in [0.4, 0.5) is 22.4 Å². The number of hydrogen-bond acceptors (Lipinski definition) is 6. The van der Waals surface area contributed by atoms with Gasteiger partial charge in [-0.25, -0.2) is 19.0 Å². The summed E-state index contributed by atoms with van der Waals surface area (Å²) in [5.74, 6) is -2.66. The molecule has 8 nitrogen and oxygen atoms in total. The number of alkyl halides is 3. The largest absolute Gasteiger partial charge is 0.490 e. The summed E-state index contributed by atoms with van der Waals surface area (Å²) in [5.41, 5.74) is 0.542. The van der Waals surface area contributed by atoms with E-state index in [9.17, 15) is 27.2 Å². The first-order chi connectivity index (χ1) is 16.8. The number of carbonyl (C=O) groups excluding carboxylic acids is 2. The number of aromatic nitrogens is 1. The smallest absolute Gasteiger partial charge is 0.475 e. The third-order valence-corrected chi connectivity index (χ3v) is 6.33. The van der Waals surface area contributed by atoms with Gasteiger partial charge in [-0.05, 0) is 63.0 Å². The predicted octanol–water partition coefficient (Wildman–Crippen LogP) is 3.96. The van der Waals surface area contributed by atoms with Crippen LogP contribution in [-0.2, 0) is 11.3 Å². The Bertz CT molecular complexity index is 1020. The summed E-state index contributed by atoms with van der Waals surface area (Å²) >= 11 is 1.59. The molecule has 2 heterocycles. The molecule has 1 aromatic carbocycles. The molecule has 1 aliphatic heterocycles. The lowest BCUT2D eigenvalue weighted by molar-refractivity contribution is -0.192. The van der Waals surface area contributed by atoms with Crippen LogP contribution in [-0.4, -0.2) is 77.1 Å². The Labute approximate surface area is 209 Å². The Morgan fingerprint density at radius 3 is 2.28 bits per heavy atom. The topological polar surface area (TPSA) is 103 Å². The highest BCUT2D eigenvalue weighted by atomic mass is 32.1. The normalized spacial score (nSPS) is 14.5. The standard InChI is InChI=1S/C21H27FN4O2S.C2HF3O2/c1-15-11-23-20(29-15)12-24-21(28)25(2)13-16-7-9-26(10-8-16)14-19(27)17-3-5-18(22)6-4-17;3-2(4,5)1(6)7/h3-6,11,16H,7-10,12-14H2,1-2H3,(H,24,28);(H,6,7). The van der Waals surface area contributed by atoms with Crippen LogP contribution in [0.2, 0.25) is 0 Å². The number of halogens is 4. The van der Waals surface area contributed by atoms with Crippen LogP contribution >= 0.6 is 11.3 Å². The predicted molar refractivity (Wildman–Crippen MR) is 125 cm³/mol. The maximum Gasteiger partial charge on any atom is 0.490 e. The average molecular weight is 533 g/mol. The van der Waals surface area contributed by atoms with Crippen LogP contribution < -0.4 is 5.32 Å². The molecule has 0 spiro atoms. The quantitative estimate of drug-likeness (QED) is 0.414. The number of ketones is 1. The lowest BCUT2D eigenvalue weighted by Crippen LogP contribution is -2.43. The van der Waals surface area contributed by atoms with E-state index in [1.54, 1.807) is 16.2 Å². The highest BCUT2D eigenvalue weighted by Gasteiger charge is 2.38. The van der Waals surface area contributed by atoms with Gasteiger partial charge in [-0.3, -0.25) is 9.69 Å². The third-order valence-electron chi connectivity index (χ3n) is 5.42. The Morgan fingerprint density at radius 1 is 1.19 bits per heavy atom. The third kappa shape index (κ3) is 9.90. The number of urea groups is 1. The second kappa shape index (κ2) is 13.3. The van der Waals surface area contributed by atoms with Crippen molar-refractivity contribution in [3.8, 4) is 0 Å². The van der Waals surface area contributed by atoms with Gasteiger partial charge in [-0.1, -0.05) is 0 Å². The summed E-state index contributed by atoms with van der Waals surface area (Å²) in [6.45, 7) is 5.14. The molecule has 13 heteroatoms. The van der Waals surface area contributed by atoms with Crippen LogP contribution in [0.25, 0.3) is 0 Å². The van der Waals surface area contributed by atoms with Crippen LogP contribution in [0.15, 0.2) is 30.5 Å².